The summed E-state index contributed by atoms with van der Waals surface area (Å²) in [5.74, 6) is -1.10. The van der Waals surface area contributed by atoms with Crippen molar-refractivity contribution in [1.29, 1.82) is 0 Å². The third-order valence-electron chi connectivity index (χ3n) is 3.72. The number of aromatic hydroxyl groups is 2. The number of aliphatic hydroxyl groups excluding tert-OH is 1. The van der Waals surface area contributed by atoms with Crippen LogP contribution >= 0.6 is 23.2 Å². The van der Waals surface area contributed by atoms with E-state index in [1.54, 1.807) is 0 Å². The molecule has 0 unspecified atom stereocenters. The zero-order valence-corrected chi connectivity index (χ0v) is 16.5. The summed E-state index contributed by atoms with van der Waals surface area (Å²) in [6.45, 7) is 2.12. The van der Waals surface area contributed by atoms with Gasteiger partial charge in [0.05, 0.1) is 21.2 Å². The maximum absolute atomic E-state index is 11.4. The van der Waals surface area contributed by atoms with Crippen LogP contribution in [0.2, 0.25) is 10.0 Å². The van der Waals surface area contributed by atoms with E-state index in [9.17, 15) is 24.9 Å². The highest BCUT2D eigenvalue weighted by Gasteiger charge is 2.16. The second-order valence-corrected chi connectivity index (χ2v) is 6.80. The maximum Gasteiger partial charge on any atom is 0.163 e. The van der Waals surface area contributed by atoms with Crippen LogP contribution < -0.4 is 9.47 Å². The molecule has 7 nitrogen and oxygen atoms in total. The summed E-state index contributed by atoms with van der Waals surface area (Å²) >= 11 is 12.0. The van der Waals surface area contributed by atoms with E-state index < -0.39 is 6.10 Å². The zero-order chi connectivity index (χ0) is 21.0. The van der Waals surface area contributed by atoms with E-state index in [4.69, 9.17) is 32.7 Å². The standard InChI is InChI=1S/C19H18Cl2O7/c1-9(22)12-3-14(20)18(5-16(12)25)27-7-11(24)8-28-19-6-17(26)13(10(2)23)4-15(19)21/h3-6,11,24-26H,7-8H2,1-2H3. The maximum atomic E-state index is 11.4. The van der Waals surface area contributed by atoms with Gasteiger partial charge in [-0.1, -0.05) is 23.2 Å². The highest BCUT2D eigenvalue weighted by molar-refractivity contribution is 6.33. The van der Waals surface area contributed by atoms with Crippen molar-refractivity contribution in [3.8, 4) is 23.0 Å². The van der Waals surface area contributed by atoms with E-state index in [-0.39, 0.29) is 69.0 Å². The van der Waals surface area contributed by atoms with Gasteiger partial charge >= 0.3 is 0 Å². The summed E-state index contributed by atoms with van der Waals surface area (Å²) in [5.41, 5.74) is 0.120. The van der Waals surface area contributed by atoms with Gasteiger partial charge < -0.3 is 24.8 Å². The minimum atomic E-state index is -1.10. The molecule has 9 heteroatoms. The van der Waals surface area contributed by atoms with Crippen LogP contribution in [-0.2, 0) is 0 Å². The van der Waals surface area contributed by atoms with Gasteiger partial charge in [-0.05, 0) is 26.0 Å². The molecule has 0 amide bonds. The SMILES string of the molecule is CC(=O)c1cc(Cl)c(OCC(O)COc2cc(O)c(C(C)=O)cc2Cl)cc1O. The number of hydrogen-bond acceptors (Lipinski definition) is 7. The summed E-state index contributed by atoms with van der Waals surface area (Å²) < 4.78 is 10.7. The van der Waals surface area contributed by atoms with Gasteiger partial charge in [-0.15, -0.1) is 0 Å². The molecule has 0 fully saturated rings. The molecule has 0 aliphatic heterocycles. The van der Waals surface area contributed by atoms with Crippen molar-refractivity contribution in [2.75, 3.05) is 13.2 Å². The molecule has 0 bridgehead atoms. The van der Waals surface area contributed by atoms with E-state index in [2.05, 4.69) is 0 Å². The molecule has 2 aromatic carbocycles. The van der Waals surface area contributed by atoms with Crippen molar-refractivity contribution in [2.45, 2.75) is 20.0 Å². The number of ketones is 2. The quantitative estimate of drug-likeness (QED) is 0.550. The normalized spacial score (nSPS) is 10.8. The molecule has 2 aromatic rings. The predicted octanol–water partition coefficient (Wildman–Crippen LogP) is 3.63. The number of ether oxygens (including phenoxy) is 2. The average Bonchev–Trinajstić information content (AvgIpc) is 2.61. The highest BCUT2D eigenvalue weighted by Crippen LogP contribution is 2.33. The number of carbonyl (C=O) groups excluding carboxylic acids is 2. The Hall–Kier alpha value is -2.48. The fourth-order valence-corrected chi connectivity index (χ4v) is 2.73. The first-order valence-corrected chi connectivity index (χ1v) is 8.86. The molecule has 0 aliphatic carbocycles. The number of halogens is 2. The topological polar surface area (TPSA) is 113 Å². The van der Waals surface area contributed by atoms with Gasteiger partial charge in [0.25, 0.3) is 0 Å². The lowest BCUT2D eigenvalue weighted by molar-refractivity contribution is 0.0625. The summed E-state index contributed by atoms with van der Waals surface area (Å²) in [5, 5.41) is 29.8. The fourth-order valence-electron chi connectivity index (χ4n) is 2.29. The van der Waals surface area contributed by atoms with E-state index >= 15 is 0 Å². The number of Topliss-reactive ketones (excluding diaryl/α,β-unsaturated/α-hetero) is 2. The van der Waals surface area contributed by atoms with Crippen LogP contribution in [0, 0.1) is 0 Å². The molecule has 0 aromatic heterocycles. The summed E-state index contributed by atoms with van der Waals surface area (Å²) in [7, 11) is 0. The number of rotatable bonds is 8. The molecule has 150 valence electrons. The third kappa shape index (κ3) is 5.28. The first-order valence-electron chi connectivity index (χ1n) is 8.10. The molecule has 0 aliphatic rings. The van der Waals surface area contributed by atoms with Crippen LogP contribution in [0.4, 0.5) is 0 Å². The van der Waals surface area contributed by atoms with Crippen molar-refractivity contribution < 1.29 is 34.4 Å². The smallest absolute Gasteiger partial charge is 0.163 e. The van der Waals surface area contributed by atoms with Crippen LogP contribution in [0.5, 0.6) is 23.0 Å². The Labute approximate surface area is 171 Å². The molecular weight excluding hydrogens is 411 g/mol. The van der Waals surface area contributed by atoms with E-state index in [0.29, 0.717) is 0 Å². The Balaban J connectivity index is 1.98. The van der Waals surface area contributed by atoms with Crippen LogP contribution in [0.25, 0.3) is 0 Å². The number of phenols is 2. The molecule has 0 saturated carbocycles. The Kier molecular flexibility index (Phi) is 7.12. The molecule has 28 heavy (non-hydrogen) atoms. The largest absolute Gasteiger partial charge is 0.507 e. The number of hydrogen-bond donors (Lipinski definition) is 3. The average molecular weight is 429 g/mol. The number of carbonyl (C=O) groups is 2. The Bertz CT molecular complexity index is 838. The van der Waals surface area contributed by atoms with Gasteiger partial charge in [-0.3, -0.25) is 9.59 Å². The first kappa shape index (κ1) is 21.8. The van der Waals surface area contributed by atoms with Gasteiger partial charge in [0.15, 0.2) is 11.6 Å². The zero-order valence-electron chi connectivity index (χ0n) is 15.0. The summed E-state index contributed by atoms with van der Waals surface area (Å²) in [4.78, 5) is 22.7. The minimum Gasteiger partial charge on any atom is -0.507 e. The molecule has 0 heterocycles. The second kappa shape index (κ2) is 9.14. The van der Waals surface area contributed by atoms with Gasteiger partial charge in [-0.25, -0.2) is 0 Å². The van der Waals surface area contributed by atoms with E-state index in [1.807, 2.05) is 0 Å². The molecular formula is C19H18Cl2O7. The van der Waals surface area contributed by atoms with Gasteiger partial charge in [-0.2, -0.15) is 0 Å². The summed E-state index contributed by atoms with van der Waals surface area (Å²) in [6, 6.07) is 4.91. The van der Waals surface area contributed by atoms with Crippen molar-refractivity contribution >= 4 is 34.8 Å². The van der Waals surface area contributed by atoms with Gasteiger partial charge in [0.1, 0.15) is 42.3 Å². The number of benzene rings is 2. The molecule has 0 radical (unpaired) electrons. The van der Waals surface area contributed by atoms with Crippen LogP contribution in [0.3, 0.4) is 0 Å². The molecule has 0 atom stereocenters. The lowest BCUT2D eigenvalue weighted by Gasteiger charge is -2.16. The molecule has 0 spiro atoms. The van der Waals surface area contributed by atoms with Crippen molar-refractivity contribution in [2.24, 2.45) is 0 Å². The predicted molar refractivity (Wildman–Crippen MR) is 103 cm³/mol. The number of aliphatic hydroxyl groups is 1. The highest BCUT2D eigenvalue weighted by atomic mass is 35.5. The van der Waals surface area contributed by atoms with Crippen molar-refractivity contribution in [3.05, 3.63) is 45.4 Å². The summed E-state index contributed by atoms with van der Waals surface area (Å²) in [6.07, 6.45) is -1.10. The lowest BCUT2D eigenvalue weighted by atomic mass is 10.1. The van der Waals surface area contributed by atoms with Crippen LogP contribution in [0.15, 0.2) is 24.3 Å². The Morgan fingerprint density at radius 3 is 1.54 bits per heavy atom. The monoisotopic (exact) mass is 428 g/mol. The number of phenolic OH excluding ortho intramolecular Hbond substituents is 2. The molecule has 3 N–H and O–H groups in total. The minimum absolute atomic E-state index is 0.0599. The van der Waals surface area contributed by atoms with E-state index in [1.165, 1.54) is 38.1 Å². The molecule has 0 saturated heterocycles. The first-order chi connectivity index (χ1) is 13.1. The second-order valence-electron chi connectivity index (χ2n) is 5.99. The molecule has 2 rings (SSSR count). The fraction of sp³-hybridized carbons (Fsp3) is 0.263. The Morgan fingerprint density at radius 1 is 0.857 bits per heavy atom. The lowest BCUT2D eigenvalue weighted by Crippen LogP contribution is -2.25. The van der Waals surface area contributed by atoms with E-state index in [0.717, 1.165) is 0 Å². The van der Waals surface area contributed by atoms with Gasteiger partial charge in [0, 0.05) is 12.1 Å². The van der Waals surface area contributed by atoms with Crippen molar-refractivity contribution in [3.63, 3.8) is 0 Å². The van der Waals surface area contributed by atoms with Crippen molar-refractivity contribution in [1.82, 2.24) is 0 Å². The third-order valence-corrected chi connectivity index (χ3v) is 4.31. The Morgan fingerprint density at radius 2 is 1.21 bits per heavy atom. The van der Waals surface area contributed by atoms with Gasteiger partial charge in [0.2, 0.25) is 0 Å². The van der Waals surface area contributed by atoms with Crippen LogP contribution in [0.1, 0.15) is 34.6 Å². The van der Waals surface area contributed by atoms with Crippen LogP contribution in [-0.4, -0.2) is 46.2 Å².